The summed E-state index contributed by atoms with van der Waals surface area (Å²) in [5.41, 5.74) is -0.762. The van der Waals surface area contributed by atoms with E-state index >= 15 is 0 Å². The molecule has 2 rings (SSSR count). The highest BCUT2D eigenvalue weighted by Gasteiger charge is 2.41. The van der Waals surface area contributed by atoms with E-state index in [1.165, 1.54) is 17.0 Å². The van der Waals surface area contributed by atoms with Crippen LogP contribution in [0.1, 0.15) is 13.3 Å². The lowest BCUT2D eigenvalue weighted by Crippen LogP contribution is -2.37. The van der Waals surface area contributed by atoms with Crippen LogP contribution < -0.4 is 5.32 Å². The average Bonchev–Trinajstić information content (AvgIpc) is 2.89. The minimum Gasteiger partial charge on any atom is -0.481 e. The number of rotatable bonds is 5. The van der Waals surface area contributed by atoms with E-state index < -0.39 is 16.3 Å². The van der Waals surface area contributed by atoms with Crippen molar-refractivity contribution in [3.63, 3.8) is 0 Å². The van der Waals surface area contributed by atoms with E-state index in [1.807, 2.05) is 0 Å². The van der Waals surface area contributed by atoms with Crippen molar-refractivity contribution in [3.8, 4) is 0 Å². The Balaban J connectivity index is 1.97. The highest BCUT2D eigenvalue weighted by Crippen LogP contribution is 2.30. The number of carboxylic acid groups (broad SMARTS) is 1. The lowest BCUT2D eigenvalue weighted by atomic mass is 9.90. The van der Waals surface area contributed by atoms with Crippen molar-refractivity contribution in [1.82, 2.24) is 4.90 Å². The molecule has 0 saturated carbocycles. The zero-order valence-electron chi connectivity index (χ0n) is 12.1. The number of hydrogen-bond donors (Lipinski definition) is 2. The largest absolute Gasteiger partial charge is 0.481 e. The number of carboxylic acids is 1. The number of benzene rings is 1. The predicted molar refractivity (Wildman–Crippen MR) is 78.5 cm³/mol. The number of nitrogens with zero attached hydrogens (tertiary/aromatic N) is 2. The lowest BCUT2D eigenvalue weighted by molar-refractivity contribution is -0.383. The van der Waals surface area contributed by atoms with Crippen LogP contribution in [-0.4, -0.2) is 46.4 Å². The maximum Gasteiger partial charge on any atom is 0.311 e. The first-order valence-electron chi connectivity index (χ1n) is 6.82. The molecule has 2 N–H and O–H groups in total. The summed E-state index contributed by atoms with van der Waals surface area (Å²) in [6.45, 7) is 2.03. The summed E-state index contributed by atoms with van der Waals surface area (Å²) < 4.78 is 0. The van der Waals surface area contributed by atoms with Gasteiger partial charge in [0.25, 0.3) is 5.69 Å². The molecule has 0 aromatic heterocycles. The highest BCUT2D eigenvalue weighted by molar-refractivity contribution is 5.84. The molecule has 22 heavy (non-hydrogen) atoms. The van der Waals surface area contributed by atoms with E-state index in [1.54, 1.807) is 19.1 Å². The molecular formula is C14H17N3O5. The smallest absolute Gasteiger partial charge is 0.311 e. The van der Waals surface area contributed by atoms with Gasteiger partial charge in [-0.3, -0.25) is 19.7 Å². The first-order chi connectivity index (χ1) is 10.3. The van der Waals surface area contributed by atoms with Crippen LogP contribution in [0, 0.1) is 15.5 Å². The molecule has 0 spiro atoms. The quantitative estimate of drug-likeness (QED) is 0.627. The Morgan fingerprint density at radius 1 is 1.45 bits per heavy atom. The summed E-state index contributed by atoms with van der Waals surface area (Å²) in [5, 5.41) is 22.8. The average molecular weight is 307 g/mol. The number of aliphatic carboxylic acids is 1. The number of nitro groups is 1. The maximum atomic E-state index is 12.1. The van der Waals surface area contributed by atoms with Crippen molar-refractivity contribution in [2.24, 2.45) is 5.41 Å². The number of carbonyl (C=O) groups excluding carboxylic acids is 1. The van der Waals surface area contributed by atoms with Gasteiger partial charge in [-0.2, -0.15) is 0 Å². The van der Waals surface area contributed by atoms with Gasteiger partial charge in [0.1, 0.15) is 5.69 Å². The van der Waals surface area contributed by atoms with Gasteiger partial charge in [0, 0.05) is 19.2 Å². The summed E-state index contributed by atoms with van der Waals surface area (Å²) in [4.78, 5) is 35.1. The molecule has 8 nitrogen and oxygen atoms in total. The molecule has 8 heteroatoms. The van der Waals surface area contributed by atoms with Crippen molar-refractivity contribution >= 4 is 23.3 Å². The Hall–Kier alpha value is -2.64. The molecule has 1 aliphatic rings. The van der Waals surface area contributed by atoms with Crippen LogP contribution in [0.5, 0.6) is 0 Å². The van der Waals surface area contributed by atoms with Crippen LogP contribution >= 0.6 is 0 Å². The van der Waals surface area contributed by atoms with Gasteiger partial charge in [0.05, 0.1) is 16.9 Å². The normalized spacial score (nSPS) is 20.7. The van der Waals surface area contributed by atoms with E-state index in [-0.39, 0.29) is 30.4 Å². The second kappa shape index (κ2) is 6.00. The molecule has 1 amide bonds. The summed E-state index contributed by atoms with van der Waals surface area (Å²) in [6, 6.07) is 6.06. The fourth-order valence-corrected chi connectivity index (χ4v) is 2.41. The molecular weight excluding hydrogens is 290 g/mol. The number of likely N-dealkylation sites (tertiary alicyclic amines) is 1. The van der Waals surface area contributed by atoms with Crippen LogP contribution in [0.25, 0.3) is 0 Å². The summed E-state index contributed by atoms with van der Waals surface area (Å²) in [5.74, 6) is -1.20. The van der Waals surface area contributed by atoms with Gasteiger partial charge in [-0.25, -0.2) is 0 Å². The topological polar surface area (TPSA) is 113 Å². The van der Waals surface area contributed by atoms with Gasteiger partial charge in [-0.05, 0) is 19.4 Å². The standard InChI is InChI=1S/C14H17N3O5/c1-14(13(19)20)6-7-16(9-14)12(18)8-15-10-4-2-3-5-11(10)17(21)22/h2-5,15H,6-9H2,1H3,(H,19,20). The highest BCUT2D eigenvalue weighted by atomic mass is 16.6. The van der Waals surface area contributed by atoms with Gasteiger partial charge < -0.3 is 15.3 Å². The Kier molecular flexibility index (Phi) is 4.30. The van der Waals surface area contributed by atoms with Gasteiger partial charge in [-0.1, -0.05) is 12.1 Å². The fraction of sp³-hybridized carbons (Fsp3) is 0.429. The van der Waals surface area contributed by atoms with Crippen LogP contribution in [0.4, 0.5) is 11.4 Å². The molecule has 118 valence electrons. The first-order valence-corrected chi connectivity index (χ1v) is 6.82. The maximum absolute atomic E-state index is 12.1. The number of hydrogen-bond acceptors (Lipinski definition) is 5. The second-order valence-electron chi connectivity index (χ2n) is 5.56. The molecule has 1 unspecified atom stereocenters. The molecule has 1 aliphatic heterocycles. The van der Waals surface area contributed by atoms with Crippen molar-refractivity contribution in [2.75, 3.05) is 25.0 Å². The zero-order chi connectivity index (χ0) is 16.3. The monoisotopic (exact) mass is 307 g/mol. The fourth-order valence-electron chi connectivity index (χ4n) is 2.41. The second-order valence-corrected chi connectivity index (χ2v) is 5.56. The van der Waals surface area contributed by atoms with Crippen molar-refractivity contribution in [3.05, 3.63) is 34.4 Å². The number of amides is 1. The van der Waals surface area contributed by atoms with Crippen LogP contribution in [0.3, 0.4) is 0 Å². The first kappa shape index (κ1) is 15.7. The minimum absolute atomic E-state index is 0.105. The third-order valence-corrected chi connectivity index (χ3v) is 3.87. The zero-order valence-corrected chi connectivity index (χ0v) is 12.1. The van der Waals surface area contributed by atoms with E-state index in [9.17, 15) is 19.7 Å². The van der Waals surface area contributed by atoms with Crippen LogP contribution in [0.15, 0.2) is 24.3 Å². The van der Waals surface area contributed by atoms with E-state index in [4.69, 9.17) is 5.11 Å². The molecule has 1 fully saturated rings. The lowest BCUT2D eigenvalue weighted by Gasteiger charge is -2.20. The molecule has 1 saturated heterocycles. The van der Waals surface area contributed by atoms with Gasteiger partial charge in [0.15, 0.2) is 0 Å². The summed E-state index contributed by atoms with van der Waals surface area (Å²) >= 11 is 0. The Morgan fingerprint density at radius 2 is 2.14 bits per heavy atom. The van der Waals surface area contributed by atoms with E-state index in [0.29, 0.717) is 13.0 Å². The van der Waals surface area contributed by atoms with Crippen molar-refractivity contribution < 1.29 is 19.6 Å². The van der Waals surface area contributed by atoms with Crippen LogP contribution in [-0.2, 0) is 9.59 Å². The number of carbonyl (C=O) groups is 2. The van der Waals surface area contributed by atoms with Gasteiger partial charge >= 0.3 is 5.97 Å². The SMILES string of the molecule is CC1(C(=O)O)CCN(C(=O)CNc2ccccc2[N+](=O)[O-])C1. The third-order valence-electron chi connectivity index (χ3n) is 3.87. The number of nitro benzene ring substituents is 1. The Labute approximate surface area is 126 Å². The van der Waals surface area contributed by atoms with E-state index in [0.717, 1.165) is 0 Å². The van der Waals surface area contributed by atoms with Crippen LogP contribution in [0.2, 0.25) is 0 Å². The number of nitrogens with one attached hydrogen (secondary N) is 1. The molecule has 1 aromatic rings. The van der Waals surface area contributed by atoms with Crippen molar-refractivity contribution in [1.29, 1.82) is 0 Å². The number of anilines is 1. The summed E-state index contributed by atoms with van der Waals surface area (Å²) in [7, 11) is 0. The Bertz CT molecular complexity index is 618. The number of para-hydroxylation sites is 2. The Morgan fingerprint density at radius 3 is 2.73 bits per heavy atom. The van der Waals surface area contributed by atoms with Gasteiger partial charge in [-0.15, -0.1) is 0 Å². The van der Waals surface area contributed by atoms with Crippen molar-refractivity contribution in [2.45, 2.75) is 13.3 Å². The molecule has 0 radical (unpaired) electrons. The van der Waals surface area contributed by atoms with Gasteiger partial charge in [0.2, 0.25) is 5.91 Å². The molecule has 0 aliphatic carbocycles. The molecule has 1 atom stereocenters. The molecule has 0 bridgehead atoms. The summed E-state index contributed by atoms with van der Waals surface area (Å²) in [6.07, 6.45) is 0.402. The molecule has 1 aromatic carbocycles. The molecule has 1 heterocycles. The third kappa shape index (κ3) is 3.16. The van der Waals surface area contributed by atoms with E-state index in [2.05, 4.69) is 5.32 Å². The minimum atomic E-state index is -0.922. The predicted octanol–water partition coefficient (Wildman–Crippen LogP) is 1.33.